The lowest BCUT2D eigenvalue weighted by atomic mass is 9.86. The molecule has 0 bridgehead atoms. The summed E-state index contributed by atoms with van der Waals surface area (Å²) in [6.45, 7) is 2.10. The molecule has 0 radical (unpaired) electrons. The molecule has 0 saturated heterocycles. The lowest BCUT2D eigenvalue weighted by Gasteiger charge is -2.30. The second kappa shape index (κ2) is 5.33. The van der Waals surface area contributed by atoms with E-state index in [-0.39, 0.29) is 17.4 Å². The van der Waals surface area contributed by atoms with Gasteiger partial charge in [-0.1, -0.05) is 25.8 Å². The number of nitro groups is 1. The second-order valence-electron chi connectivity index (χ2n) is 4.90. The van der Waals surface area contributed by atoms with Gasteiger partial charge in [0.15, 0.2) is 5.82 Å². The van der Waals surface area contributed by atoms with Gasteiger partial charge in [-0.25, -0.2) is 4.39 Å². The van der Waals surface area contributed by atoms with E-state index in [0.717, 1.165) is 19.3 Å². The van der Waals surface area contributed by atoms with E-state index in [1.54, 1.807) is 0 Å². The number of hydrogen-bond donors (Lipinski definition) is 1. The number of nitro benzene ring substituents is 1. The van der Waals surface area contributed by atoms with Gasteiger partial charge in [0.2, 0.25) is 0 Å². The average Bonchev–Trinajstić information content (AvgIpc) is 2.34. The van der Waals surface area contributed by atoms with Crippen molar-refractivity contribution in [1.82, 2.24) is 0 Å². The topological polar surface area (TPSA) is 55.2 Å². The summed E-state index contributed by atoms with van der Waals surface area (Å²) >= 11 is 0. The highest BCUT2D eigenvalue weighted by Crippen LogP contribution is 2.32. The quantitative estimate of drug-likeness (QED) is 0.658. The van der Waals surface area contributed by atoms with E-state index < -0.39 is 10.7 Å². The van der Waals surface area contributed by atoms with Crippen molar-refractivity contribution in [1.29, 1.82) is 0 Å². The molecule has 1 aromatic carbocycles. The molecule has 5 heteroatoms. The van der Waals surface area contributed by atoms with Crippen molar-refractivity contribution in [2.24, 2.45) is 5.92 Å². The van der Waals surface area contributed by atoms with Crippen LogP contribution >= 0.6 is 0 Å². The summed E-state index contributed by atoms with van der Waals surface area (Å²) in [5.74, 6) is -0.139. The smallest absolute Gasteiger partial charge is 0.295 e. The fraction of sp³-hybridized carbons (Fsp3) is 0.538. The fourth-order valence-electron chi connectivity index (χ4n) is 2.52. The van der Waals surface area contributed by atoms with E-state index in [9.17, 15) is 14.5 Å². The predicted molar refractivity (Wildman–Crippen MR) is 68.1 cm³/mol. The first-order chi connectivity index (χ1) is 8.59. The Bertz CT molecular complexity index is 451. The van der Waals surface area contributed by atoms with Crippen molar-refractivity contribution in [3.8, 4) is 0 Å². The summed E-state index contributed by atoms with van der Waals surface area (Å²) < 4.78 is 13.7. The minimum Gasteiger partial charge on any atom is -0.374 e. The predicted octanol–water partition coefficient (Wildman–Crippen LogP) is 3.72. The number of halogens is 1. The van der Waals surface area contributed by atoms with Crippen LogP contribution in [0.15, 0.2) is 18.2 Å². The van der Waals surface area contributed by atoms with Crippen LogP contribution in [0.1, 0.15) is 32.6 Å². The first-order valence-electron chi connectivity index (χ1n) is 6.29. The van der Waals surface area contributed by atoms with Crippen molar-refractivity contribution in [2.75, 3.05) is 5.32 Å². The van der Waals surface area contributed by atoms with Crippen LogP contribution in [0.4, 0.5) is 15.8 Å². The van der Waals surface area contributed by atoms with Gasteiger partial charge in [-0.05, 0) is 24.8 Å². The minimum absolute atomic E-state index is 0.0289. The van der Waals surface area contributed by atoms with Crippen molar-refractivity contribution >= 4 is 11.4 Å². The number of nitrogens with zero attached hydrogens (tertiary/aromatic N) is 1. The van der Waals surface area contributed by atoms with Crippen molar-refractivity contribution < 1.29 is 9.31 Å². The zero-order chi connectivity index (χ0) is 13.1. The van der Waals surface area contributed by atoms with Crippen LogP contribution in [0.2, 0.25) is 0 Å². The van der Waals surface area contributed by atoms with E-state index in [1.807, 2.05) is 0 Å². The van der Waals surface area contributed by atoms with E-state index in [1.165, 1.54) is 24.6 Å². The number of anilines is 1. The average molecular weight is 252 g/mol. The third-order valence-corrected chi connectivity index (χ3v) is 3.63. The highest BCUT2D eigenvalue weighted by atomic mass is 19.1. The van der Waals surface area contributed by atoms with E-state index in [0.29, 0.717) is 5.92 Å². The van der Waals surface area contributed by atoms with Gasteiger partial charge in [-0.2, -0.15) is 0 Å². The Labute approximate surface area is 105 Å². The molecule has 2 rings (SSSR count). The number of hydrogen-bond acceptors (Lipinski definition) is 3. The van der Waals surface area contributed by atoms with Crippen molar-refractivity contribution in [2.45, 2.75) is 38.6 Å². The molecule has 98 valence electrons. The summed E-state index contributed by atoms with van der Waals surface area (Å²) in [7, 11) is 0. The molecule has 2 unspecified atom stereocenters. The SMILES string of the molecule is CC1CCCCC1Nc1c(F)cccc1[N+](=O)[O-]. The molecule has 0 aromatic heterocycles. The van der Waals surface area contributed by atoms with E-state index in [2.05, 4.69) is 12.2 Å². The lowest BCUT2D eigenvalue weighted by molar-refractivity contribution is -0.384. The third kappa shape index (κ3) is 2.60. The Hall–Kier alpha value is -1.65. The van der Waals surface area contributed by atoms with Gasteiger partial charge in [0, 0.05) is 12.1 Å². The molecule has 1 aromatic rings. The lowest BCUT2D eigenvalue weighted by Crippen LogP contribution is -2.31. The first kappa shape index (κ1) is 12.8. The highest BCUT2D eigenvalue weighted by Gasteiger charge is 2.25. The van der Waals surface area contributed by atoms with E-state index in [4.69, 9.17) is 0 Å². The zero-order valence-corrected chi connectivity index (χ0v) is 10.4. The van der Waals surface area contributed by atoms with Crippen LogP contribution in [0.3, 0.4) is 0 Å². The number of para-hydroxylation sites is 1. The first-order valence-corrected chi connectivity index (χ1v) is 6.29. The van der Waals surface area contributed by atoms with Crippen molar-refractivity contribution in [3.05, 3.63) is 34.1 Å². The van der Waals surface area contributed by atoms with Gasteiger partial charge in [0.1, 0.15) is 5.69 Å². The Morgan fingerprint density at radius 1 is 1.39 bits per heavy atom. The summed E-state index contributed by atoms with van der Waals surface area (Å²) in [5.41, 5.74) is -0.158. The van der Waals surface area contributed by atoms with Gasteiger partial charge in [-0.15, -0.1) is 0 Å². The molecule has 1 aliphatic carbocycles. The molecule has 1 aliphatic rings. The number of benzene rings is 1. The Morgan fingerprint density at radius 2 is 2.11 bits per heavy atom. The summed E-state index contributed by atoms with van der Waals surface area (Å²) in [4.78, 5) is 10.4. The Morgan fingerprint density at radius 3 is 2.78 bits per heavy atom. The van der Waals surface area contributed by atoms with Crippen LogP contribution in [0.25, 0.3) is 0 Å². The minimum atomic E-state index is -0.554. The number of nitrogens with one attached hydrogen (secondary N) is 1. The van der Waals surface area contributed by atoms with Crippen molar-refractivity contribution in [3.63, 3.8) is 0 Å². The number of rotatable bonds is 3. The molecular formula is C13H17FN2O2. The molecule has 1 fully saturated rings. The maximum atomic E-state index is 13.7. The molecule has 18 heavy (non-hydrogen) atoms. The van der Waals surface area contributed by atoms with Crippen LogP contribution in [0.5, 0.6) is 0 Å². The molecule has 4 nitrogen and oxygen atoms in total. The molecule has 1 saturated carbocycles. The van der Waals surface area contributed by atoms with Gasteiger partial charge in [0.05, 0.1) is 4.92 Å². The maximum absolute atomic E-state index is 13.7. The molecule has 2 atom stereocenters. The zero-order valence-electron chi connectivity index (χ0n) is 10.4. The summed E-state index contributed by atoms with van der Waals surface area (Å²) in [6.07, 6.45) is 4.29. The van der Waals surface area contributed by atoms with Crippen LogP contribution in [-0.4, -0.2) is 11.0 Å². The molecule has 0 aliphatic heterocycles. The third-order valence-electron chi connectivity index (χ3n) is 3.63. The maximum Gasteiger partial charge on any atom is 0.295 e. The summed E-state index contributed by atoms with van der Waals surface area (Å²) in [5, 5.41) is 13.9. The van der Waals surface area contributed by atoms with Crippen LogP contribution < -0.4 is 5.32 Å². The molecular weight excluding hydrogens is 235 g/mol. The van der Waals surface area contributed by atoms with Gasteiger partial charge < -0.3 is 5.32 Å². The summed E-state index contributed by atoms with van der Waals surface area (Å²) in [6, 6.07) is 4.07. The molecule has 0 heterocycles. The Kier molecular flexibility index (Phi) is 3.79. The Balaban J connectivity index is 2.24. The second-order valence-corrected chi connectivity index (χ2v) is 4.90. The van der Waals surface area contributed by atoms with Crippen LogP contribution in [-0.2, 0) is 0 Å². The van der Waals surface area contributed by atoms with Crippen LogP contribution in [0, 0.1) is 21.8 Å². The fourth-order valence-corrected chi connectivity index (χ4v) is 2.52. The largest absolute Gasteiger partial charge is 0.374 e. The monoisotopic (exact) mass is 252 g/mol. The van der Waals surface area contributed by atoms with Gasteiger partial charge in [-0.3, -0.25) is 10.1 Å². The highest BCUT2D eigenvalue weighted by molar-refractivity contribution is 5.62. The standard InChI is InChI=1S/C13H17FN2O2/c1-9-5-2-3-7-11(9)15-13-10(14)6-4-8-12(13)16(17)18/h4,6,8-9,11,15H,2-3,5,7H2,1H3. The normalized spacial score (nSPS) is 23.7. The molecule has 1 N–H and O–H groups in total. The molecule has 0 spiro atoms. The molecule has 0 amide bonds. The van der Waals surface area contributed by atoms with E-state index >= 15 is 0 Å². The van der Waals surface area contributed by atoms with Gasteiger partial charge in [0.25, 0.3) is 5.69 Å². The van der Waals surface area contributed by atoms with Gasteiger partial charge >= 0.3 is 0 Å².